The van der Waals surface area contributed by atoms with E-state index in [1.165, 1.54) is 6.07 Å². The zero-order valence-corrected chi connectivity index (χ0v) is 11.1. The molecule has 0 saturated heterocycles. The molecule has 0 aromatic heterocycles. The van der Waals surface area contributed by atoms with E-state index in [1.807, 2.05) is 13.8 Å². The summed E-state index contributed by atoms with van der Waals surface area (Å²) >= 11 is 0. The third-order valence-corrected chi connectivity index (χ3v) is 3.30. The number of hydrogen-bond donors (Lipinski definition) is 4. The second-order valence-corrected chi connectivity index (χ2v) is 4.39. The third kappa shape index (κ3) is 3.55. The molecule has 0 atom stereocenters. The zero-order valence-electron chi connectivity index (χ0n) is 11.1. The van der Waals surface area contributed by atoms with Crippen LogP contribution < -0.4 is 16.6 Å². The number of hydrazine groups is 1. The Kier molecular flexibility index (Phi) is 5.08. The second-order valence-electron chi connectivity index (χ2n) is 4.39. The Morgan fingerprint density at radius 3 is 2.42 bits per heavy atom. The molecule has 0 heterocycles. The average molecular weight is 268 g/mol. The van der Waals surface area contributed by atoms with Crippen molar-refractivity contribution in [1.29, 1.82) is 0 Å². The Hall–Kier alpha value is -1.86. The first-order valence-electron chi connectivity index (χ1n) is 6.17. The van der Waals surface area contributed by atoms with Gasteiger partial charge >= 0.3 is 5.69 Å². The van der Waals surface area contributed by atoms with Gasteiger partial charge < -0.3 is 15.8 Å². The number of nitrogens with zero attached hydrogens (tertiary/aromatic N) is 1. The highest BCUT2D eigenvalue weighted by Crippen LogP contribution is 2.32. The fourth-order valence-electron chi connectivity index (χ4n) is 1.76. The molecular formula is C12H20N4O3. The van der Waals surface area contributed by atoms with E-state index >= 15 is 0 Å². The summed E-state index contributed by atoms with van der Waals surface area (Å²) in [5.74, 6) is 5.26. The van der Waals surface area contributed by atoms with Gasteiger partial charge in [0.2, 0.25) is 0 Å². The SMILES string of the molecule is CCC(O)(CC)CNc1cccc(NN)c1[N+](=O)[O-]. The lowest BCUT2D eigenvalue weighted by Gasteiger charge is -2.26. The molecule has 19 heavy (non-hydrogen) atoms. The van der Waals surface area contributed by atoms with Crippen LogP contribution in [-0.2, 0) is 0 Å². The highest BCUT2D eigenvalue weighted by atomic mass is 16.6. The molecule has 0 saturated carbocycles. The summed E-state index contributed by atoms with van der Waals surface area (Å²) in [7, 11) is 0. The van der Waals surface area contributed by atoms with Crippen LogP contribution in [0.4, 0.5) is 17.1 Å². The molecule has 1 aromatic rings. The van der Waals surface area contributed by atoms with Gasteiger partial charge in [0, 0.05) is 6.54 Å². The molecule has 0 radical (unpaired) electrons. The van der Waals surface area contributed by atoms with Gasteiger partial charge in [-0.25, -0.2) is 0 Å². The highest BCUT2D eigenvalue weighted by molar-refractivity contribution is 5.75. The Morgan fingerprint density at radius 2 is 1.95 bits per heavy atom. The number of rotatable bonds is 7. The number of aliphatic hydroxyl groups is 1. The molecule has 5 N–H and O–H groups in total. The van der Waals surface area contributed by atoms with Crippen molar-refractivity contribution < 1.29 is 10.0 Å². The van der Waals surface area contributed by atoms with Crippen LogP contribution in [0.2, 0.25) is 0 Å². The number of nitro groups is 1. The molecule has 0 fully saturated rings. The van der Waals surface area contributed by atoms with Gasteiger partial charge in [-0.3, -0.25) is 16.0 Å². The van der Waals surface area contributed by atoms with E-state index in [9.17, 15) is 15.2 Å². The minimum Gasteiger partial charge on any atom is -0.388 e. The average Bonchev–Trinajstić information content (AvgIpc) is 2.43. The van der Waals surface area contributed by atoms with Crippen molar-refractivity contribution in [2.45, 2.75) is 32.3 Å². The number of para-hydroxylation sites is 1. The van der Waals surface area contributed by atoms with Crippen LogP contribution in [0.1, 0.15) is 26.7 Å². The van der Waals surface area contributed by atoms with Gasteiger partial charge in [-0.05, 0) is 25.0 Å². The lowest BCUT2D eigenvalue weighted by Crippen LogP contribution is -2.35. The van der Waals surface area contributed by atoms with Crippen molar-refractivity contribution in [3.8, 4) is 0 Å². The van der Waals surface area contributed by atoms with Gasteiger partial charge in [0.05, 0.1) is 10.5 Å². The molecule has 0 aliphatic rings. The fraction of sp³-hybridized carbons (Fsp3) is 0.500. The third-order valence-electron chi connectivity index (χ3n) is 3.30. The molecule has 0 aliphatic heterocycles. The number of hydrogen-bond acceptors (Lipinski definition) is 6. The van der Waals surface area contributed by atoms with Gasteiger partial charge in [-0.1, -0.05) is 19.9 Å². The van der Waals surface area contributed by atoms with E-state index in [2.05, 4.69) is 10.7 Å². The minimum absolute atomic E-state index is 0.125. The highest BCUT2D eigenvalue weighted by Gasteiger charge is 2.25. The molecule has 0 bridgehead atoms. The van der Waals surface area contributed by atoms with Crippen LogP contribution in [-0.4, -0.2) is 22.2 Å². The van der Waals surface area contributed by atoms with Crippen molar-refractivity contribution in [3.63, 3.8) is 0 Å². The maximum absolute atomic E-state index is 11.1. The summed E-state index contributed by atoms with van der Waals surface area (Å²) in [5, 5.41) is 24.2. The van der Waals surface area contributed by atoms with Crippen LogP contribution in [0.25, 0.3) is 0 Å². The van der Waals surface area contributed by atoms with Crippen LogP contribution in [0, 0.1) is 10.1 Å². The van der Waals surface area contributed by atoms with Gasteiger partial charge in [-0.2, -0.15) is 0 Å². The maximum atomic E-state index is 11.1. The zero-order chi connectivity index (χ0) is 14.5. The van der Waals surface area contributed by atoms with Crippen molar-refractivity contribution in [3.05, 3.63) is 28.3 Å². The van der Waals surface area contributed by atoms with Crippen LogP contribution in [0.5, 0.6) is 0 Å². The first kappa shape index (κ1) is 15.2. The van der Waals surface area contributed by atoms with E-state index < -0.39 is 10.5 Å². The first-order chi connectivity index (χ1) is 8.97. The van der Waals surface area contributed by atoms with Crippen LogP contribution in [0.15, 0.2) is 18.2 Å². The number of nitrogen functional groups attached to an aromatic ring is 1. The van der Waals surface area contributed by atoms with E-state index in [0.29, 0.717) is 18.5 Å². The quantitative estimate of drug-likeness (QED) is 0.341. The van der Waals surface area contributed by atoms with Crippen molar-refractivity contribution >= 4 is 17.1 Å². The predicted molar refractivity (Wildman–Crippen MR) is 74.9 cm³/mol. The maximum Gasteiger partial charge on any atom is 0.316 e. The molecule has 7 nitrogen and oxygen atoms in total. The van der Waals surface area contributed by atoms with Gasteiger partial charge in [0.1, 0.15) is 11.4 Å². The van der Waals surface area contributed by atoms with Crippen molar-refractivity contribution in [2.24, 2.45) is 5.84 Å². The fourth-order valence-corrected chi connectivity index (χ4v) is 1.76. The molecule has 1 aromatic carbocycles. The summed E-state index contributed by atoms with van der Waals surface area (Å²) in [6.07, 6.45) is 1.14. The van der Waals surface area contributed by atoms with Gasteiger partial charge in [0.15, 0.2) is 0 Å². The lowest BCUT2D eigenvalue weighted by atomic mass is 9.97. The Labute approximate surface area is 111 Å². The Morgan fingerprint density at radius 1 is 1.37 bits per heavy atom. The summed E-state index contributed by atoms with van der Waals surface area (Å²) in [6, 6.07) is 4.77. The van der Waals surface area contributed by atoms with Crippen molar-refractivity contribution in [2.75, 3.05) is 17.3 Å². The molecule has 0 amide bonds. The largest absolute Gasteiger partial charge is 0.388 e. The molecule has 0 unspecified atom stereocenters. The number of benzene rings is 1. The van der Waals surface area contributed by atoms with E-state index in [1.54, 1.807) is 12.1 Å². The summed E-state index contributed by atoms with van der Waals surface area (Å²) in [6.45, 7) is 3.99. The number of nitro benzene ring substituents is 1. The van der Waals surface area contributed by atoms with Gasteiger partial charge in [-0.15, -0.1) is 0 Å². The first-order valence-corrected chi connectivity index (χ1v) is 6.17. The number of nitrogens with two attached hydrogens (primary N) is 1. The van der Waals surface area contributed by atoms with E-state index in [4.69, 9.17) is 5.84 Å². The smallest absolute Gasteiger partial charge is 0.316 e. The molecule has 0 spiro atoms. The molecule has 106 valence electrons. The lowest BCUT2D eigenvalue weighted by molar-refractivity contribution is -0.383. The topological polar surface area (TPSA) is 113 Å². The molecule has 1 rings (SSSR count). The summed E-state index contributed by atoms with van der Waals surface area (Å²) in [5.41, 5.74) is 1.86. The van der Waals surface area contributed by atoms with Crippen molar-refractivity contribution in [1.82, 2.24) is 0 Å². The van der Waals surface area contributed by atoms with E-state index in [0.717, 1.165) is 0 Å². The molecule has 0 aliphatic carbocycles. The second kappa shape index (κ2) is 6.35. The molecule has 7 heteroatoms. The van der Waals surface area contributed by atoms with Crippen LogP contribution >= 0.6 is 0 Å². The van der Waals surface area contributed by atoms with E-state index in [-0.39, 0.29) is 17.9 Å². The summed E-state index contributed by atoms with van der Waals surface area (Å²) in [4.78, 5) is 10.6. The monoisotopic (exact) mass is 268 g/mol. The van der Waals surface area contributed by atoms with Gasteiger partial charge in [0.25, 0.3) is 0 Å². The standard InChI is InChI=1S/C12H20N4O3/c1-3-12(17,4-2)8-14-9-6-5-7-10(15-13)11(9)16(18)19/h5-7,14-15,17H,3-4,8,13H2,1-2H3. The number of nitrogens with one attached hydrogen (secondary N) is 2. The number of anilines is 2. The Balaban J connectivity index is 2.98. The molecular weight excluding hydrogens is 248 g/mol. The normalized spacial score (nSPS) is 11.2. The van der Waals surface area contributed by atoms with Crippen LogP contribution in [0.3, 0.4) is 0 Å². The Bertz CT molecular complexity index is 447. The minimum atomic E-state index is -0.875. The summed E-state index contributed by atoms with van der Waals surface area (Å²) < 4.78 is 0. The predicted octanol–water partition coefficient (Wildman–Crippen LogP) is 1.84.